The number of halogens is 2. The molecule has 0 atom stereocenters. The number of benzene rings is 1. The second-order valence-corrected chi connectivity index (χ2v) is 3.86. The van der Waals surface area contributed by atoms with Crippen LogP contribution in [0, 0.1) is 5.82 Å². The maximum Gasteiger partial charge on any atom is 0.337 e. The van der Waals surface area contributed by atoms with Gasteiger partial charge in [-0.2, -0.15) is 5.10 Å². The van der Waals surface area contributed by atoms with Crippen LogP contribution in [0.3, 0.4) is 0 Å². The molecule has 1 heterocycles. The number of carboxylic acid groups (broad SMARTS) is 1. The van der Waals surface area contributed by atoms with Gasteiger partial charge in [0.1, 0.15) is 5.82 Å². The average molecular weight is 255 g/mol. The van der Waals surface area contributed by atoms with Crippen molar-refractivity contribution in [2.45, 2.75) is 0 Å². The standard InChI is InChI=1S/C11H8ClFN2O2/c1-15-10(2-3-14-15)7-4-8(12)6(11(16)17)5-9(7)13/h2-5H,1H3,(H,16,17). The first-order valence-electron chi connectivity index (χ1n) is 4.71. The summed E-state index contributed by atoms with van der Waals surface area (Å²) in [5, 5.41) is 12.7. The predicted molar refractivity (Wildman–Crippen MR) is 60.6 cm³/mol. The molecular formula is C11H8ClFN2O2. The molecule has 0 spiro atoms. The molecule has 6 heteroatoms. The molecule has 0 radical (unpaired) electrons. The fourth-order valence-electron chi connectivity index (χ4n) is 1.55. The van der Waals surface area contributed by atoms with Crippen molar-refractivity contribution < 1.29 is 14.3 Å². The molecule has 2 rings (SSSR count). The smallest absolute Gasteiger partial charge is 0.337 e. The highest BCUT2D eigenvalue weighted by Gasteiger charge is 2.16. The Morgan fingerprint density at radius 1 is 1.53 bits per heavy atom. The van der Waals surface area contributed by atoms with Crippen LogP contribution in [0.4, 0.5) is 4.39 Å². The van der Waals surface area contributed by atoms with E-state index in [1.807, 2.05) is 0 Å². The van der Waals surface area contributed by atoms with Crippen molar-refractivity contribution in [3.63, 3.8) is 0 Å². The predicted octanol–water partition coefficient (Wildman–Crippen LogP) is 2.58. The van der Waals surface area contributed by atoms with Crippen LogP contribution in [0.1, 0.15) is 10.4 Å². The van der Waals surface area contributed by atoms with Crippen LogP contribution in [0.15, 0.2) is 24.4 Å². The fraction of sp³-hybridized carbons (Fsp3) is 0.0909. The minimum atomic E-state index is -1.26. The molecule has 0 fully saturated rings. The zero-order valence-electron chi connectivity index (χ0n) is 8.82. The molecule has 0 aliphatic heterocycles. The topological polar surface area (TPSA) is 55.1 Å². The number of hydrogen-bond acceptors (Lipinski definition) is 2. The van der Waals surface area contributed by atoms with E-state index in [-0.39, 0.29) is 16.1 Å². The van der Waals surface area contributed by atoms with Gasteiger partial charge in [0.05, 0.1) is 16.3 Å². The summed E-state index contributed by atoms with van der Waals surface area (Å²) in [6.45, 7) is 0. The molecule has 0 saturated carbocycles. The molecule has 4 nitrogen and oxygen atoms in total. The minimum Gasteiger partial charge on any atom is -0.478 e. The highest BCUT2D eigenvalue weighted by Crippen LogP contribution is 2.28. The van der Waals surface area contributed by atoms with Crippen LogP contribution >= 0.6 is 11.6 Å². The van der Waals surface area contributed by atoms with E-state index in [1.54, 1.807) is 13.1 Å². The second kappa shape index (κ2) is 4.18. The van der Waals surface area contributed by atoms with Gasteiger partial charge in [0, 0.05) is 18.8 Å². The summed E-state index contributed by atoms with van der Waals surface area (Å²) in [4.78, 5) is 10.8. The number of carbonyl (C=O) groups is 1. The van der Waals surface area contributed by atoms with E-state index in [4.69, 9.17) is 16.7 Å². The Morgan fingerprint density at radius 3 is 2.76 bits per heavy atom. The Balaban J connectivity index is 2.62. The SMILES string of the molecule is Cn1nccc1-c1cc(Cl)c(C(=O)O)cc1F. The van der Waals surface area contributed by atoms with Crippen LogP contribution in [0.2, 0.25) is 5.02 Å². The molecule has 88 valence electrons. The largest absolute Gasteiger partial charge is 0.478 e. The van der Waals surface area contributed by atoms with Crippen molar-refractivity contribution >= 4 is 17.6 Å². The van der Waals surface area contributed by atoms with Gasteiger partial charge < -0.3 is 5.11 Å². The molecule has 1 N–H and O–H groups in total. The van der Waals surface area contributed by atoms with Crippen LogP contribution in [-0.2, 0) is 7.05 Å². The number of hydrogen-bond donors (Lipinski definition) is 1. The van der Waals surface area contributed by atoms with Gasteiger partial charge in [-0.15, -0.1) is 0 Å². The van der Waals surface area contributed by atoms with Gasteiger partial charge >= 0.3 is 5.97 Å². The average Bonchev–Trinajstić information content (AvgIpc) is 2.67. The maximum atomic E-state index is 13.8. The number of aryl methyl sites for hydroxylation is 1. The van der Waals surface area contributed by atoms with E-state index < -0.39 is 11.8 Å². The van der Waals surface area contributed by atoms with Gasteiger partial charge in [-0.05, 0) is 18.2 Å². The van der Waals surface area contributed by atoms with Crippen molar-refractivity contribution in [1.82, 2.24) is 9.78 Å². The Morgan fingerprint density at radius 2 is 2.24 bits per heavy atom. The molecule has 0 aliphatic rings. The summed E-state index contributed by atoms with van der Waals surface area (Å²) >= 11 is 5.79. The summed E-state index contributed by atoms with van der Waals surface area (Å²) in [5.74, 6) is -1.90. The van der Waals surface area contributed by atoms with Crippen molar-refractivity contribution in [2.24, 2.45) is 7.05 Å². The lowest BCUT2D eigenvalue weighted by Crippen LogP contribution is -2.01. The number of nitrogens with zero attached hydrogens (tertiary/aromatic N) is 2. The minimum absolute atomic E-state index is 0.00454. The van der Waals surface area contributed by atoms with Crippen molar-refractivity contribution in [2.75, 3.05) is 0 Å². The zero-order chi connectivity index (χ0) is 12.6. The zero-order valence-corrected chi connectivity index (χ0v) is 9.57. The molecule has 2 aromatic rings. The first kappa shape index (κ1) is 11.6. The quantitative estimate of drug-likeness (QED) is 0.896. The molecule has 17 heavy (non-hydrogen) atoms. The summed E-state index contributed by atoms with van der Waals surface area (Å²) < 4.78 is 15.3. The van der Waals surface area contributed by atoms with Crippen molar-refractivity contribution in [1.29, 1.82) is 0 Å². The second-order valence-electron chi connectivity index (χ2n) is 3.46. The van der Waals surface area contributed by atoms with Gasteiger partial charge in [-0.25, -0.2) is 9.18 Å². The molecule has 0 unspecified atom stereocenters. The molecule has 1 aromatic heterocycles. The van der Waals surface area contributed by atoms with Gasteiger partial charge in [0.2, 0.25) is 0 Å². The lowest BCUT2D eigenvalue weighted by Gasteiger charge is -2.06. The number of rotatable bonds is 2. The van der Waals surface area contributed by atoms with E-state index in [2.05, 4.69) is 5.10 Å². The molecule has 1 aromatic carbocycles. The highest BCUT2D eigenvalue weighted by atomic mass is 35.5. The summed E-state index contributed by atoms with van der Waals surface area (Å²) in [7, 11) is 1.66. The molecular weight excluding hydrogens is 247 g/mol. The van der Waals surface area contributed by atoms with E-state index in [0.29, 0.717) is 5.69 Å². The lowest BCUT2D eigenvalue weighted by molar-refractivity contribution is 0.0696. The van der Waals surface area contributed by atoms with Crippen molar-refractivity contribution in [3.05, 3.63) is 40.8 Å². The third kappa shape index (κ3) is 2.01. The number of aromatic carboxylic acids is 1. The van der Waals surface area contributed by atoms with E-state index in [9.17, 15) is 9.18 Å². The van der Waals surface area contributed by atoms with Gasteiger partial charge in [0.15, 0.2) is 0 Å². The van der Waals surface area contributed by atoms with Crippen molar-refractivity contribution in [3.8, 4) is 11.3 Å². The third-order valence-corrected chi connectivity index (χ3v) is 2.70. The molecule has 0 bridgehead atoms. The first-order valence-corrected chi connectivity index (χ1v) is 5.09. The van der Waals surface area contributed by atoms with Crippen LogP contribution in [0.5, 0.6) is 0 Å². The molecule has 0 aliphatic carbocycles. The first-order chi connectivity index (χ1) is 8.00. The van der Waals surface area contributed by atoms with Crippen LogP contribution in [-0.4, -0.2) is 20.9 Å². The summed E-state index contributed by atoms with van der Waals surface area (Å²) in [5.41, 5.74) is 0.497. The highest BCUT2D eigenvalue weighted by molar-refractivity contribution is 6.33. The number of carboxylic acids is 1. The van der Waals surface area contributed by atoms with E-state index in [0.717, 1.165) is 6.07 Å². The summed E-state index contributed by atoms with van der Waals surface area (Å²) in [6.07, 6.45) is 1.52. The third-order valence-electron chi connectivity index (χ3n) is 2.38. The monoisotopic (exact) mass is 254 g/mol. The summed E-state index contributed by atoms with van der Waals surface area (Å²) in [6, 6.07) is 3.82. The maximum absolute atomic E-state index is 13.8. The van der Waals surface area contributed by atoms with Crippen LogP contribution in [0.25, 0.3) is 11.3 Å². The Hall–Kier alpha value is -1.88. The molecule has 0 amide bonds. The van der Waals surface area contributed by atoms with E-state index in [1.165, 1.54) is 16.9 Å². The van der Waals surface area contributed by atoms with Gasteiger partial charge in [-0.1, -0.05) is 11.6 Å². The Bertz CT molecular complexity index is 595. The fourth-order valence-corrected chi connectivity index (χ4v) is 1.79. The number of aromatic nitrogens is 2. The van der Waals surface area contributed by atoms with E-state index >= 15 is 0 Å². The Kier molecular flexibility index (Phi) is 2.85. The van der Waals surface area contributed by atoms with Crippen LogP contribution < -0.4 is 0 Å². The van der Waals surface area contributed by atoms with Gasteiger partial charge in [0.25, 0.3) is 0 Å². The van der Waals surface area contributed by atoms with Gasteiger partial charge in [-0.3, -0.25) is 4.68 Å². The normalized spacial score (nSPS) is 10.5. The Labute approximate surface area is 101 Å². The molecule has 0 saturated heterocycles. The lowest BCUT2D eigenvalue weighted by atomic mass is 10.1.